The molecule has 0 radical (unpaired) electrons. The molecule has 0 aliphatic heterocycles. The number of anilines is 1. The number of thioether (sulfide) groups is 1. The molecule has 2 nitrogen and oxygen atoms in total. The predicted octanol–water partition coefficient (Wildman–Crippen LogP) is 3.71. The summed E-state index contributed by atoms with van der Waals surface area (Å²) in [4.78, 5) is 10.8. The van der Waals surface area contributed by atoms with Gasteiger partial charge in [0.1, 0.15) is 0 Å². The molecule has 2 aromatic carbocycles. The van der Waals surface area contributed by atoms with E-state index in [4.69, 9.17) is 5.73 Å². The van der Waals surface area contributed by atoms with Crippen LogP contribution in [0.4, 0.5) is 5.69 Å². The lowest BCUT2D eigenvalue weighted by Gasteiger charge is -2.01. The van der Waals surface area contributed by atoms with E-state index in [1.165, 1.54) is 17.1 Å². The van der Waals surface area contributed by atoms with E-state index in [1.54, 1.807) is 6.92 Å². The van der Waals surface area contributed by atoms with Crippen molar-refractivity contribution in [2.24, 2.45) is 0 Å². The number of hydrogen-bond donors (Lipinski definition) is 1. The molecule has 0 fully saturated rings. The molecular weight excluding hydrogens is 242 g/mol. The summed E-state index contributed by atoms with van der Waals surface area (Å²) in [5.41, 5.74) is 7.66. The van der Waals surface area contributed by atoms with Gasteiger partial charge in [-0.1, -0.05) is 42.1 Å². The van der Waals surface area contributed by atoms with Crippen LogP contribution in [0.25, 0.3) is 16.8 Å². The van der Waals surface area contributed by atoms with Gasteiger partial charge < -0.3 is 5.73 Å². The molecule has 0 bridgehead atoms. The van der Waals surface area contributed by atoms with E-state index < -0.39 is 0 Å². The van der Waals surface area contributed by atoms with Gasteiger partial charge >= 0.3 is 0 Å². The average molecular weight is 257 g/mol. The van der Waals surface area contributed by atoms with Gasteiger partial charge in [-0.2, -0.15) is 0 Å². The maximum absolute atomic E-state index is 10.8. The van der Waals surface area contributed by atoms with Crippen LogP contribution >= 0.6 is 11.8 Å². The fourth-order valence-corrected chi connectivity index (χ4v) is 2.16. The second kappa shape index (κ2) is 5.74. The van der Waals surface area contributed by atoms with E-state index in [-0.39, 0.29) is 5.12 Å². The van der Waals surface area contributed by atoms with Crippen LogP contribution < -0.4 is 5.73 Å². The molecule has 2 aromatic rings. The SMILES string of the molecule is CC(=O)SCC=Cc1ccc2cc(N)ccc2c1. The zero-order valence-electron chi connectivity index (χ0n) is 10.2. The minimum absolute atomic E-state index is 0.147. The van der Waals surface area contributed by atoms with Crippen LogP contribution in [0.2, 0.25) is 0 Å². The fourth-order valence-electron chi connectivity index (χ4n) is 1.74. The number of benzene rings is 2. The molecule has 0 saturated carbocycles. The molecule has 0 aliphatic rings. The van der Waals surface area contributed by atoms with Crippen LogP contribution in [0.1, 0.15) is 12.5 Å². The number of nitrogens with two attached hydrogens (primary N) is 1. The van der Waals surface area contributed by atoms with Crippen molar-refractivity contribution >= 4 is 39.4 Å². The van der Waals surface area contributed by atoms with Crippen molar-refractivity contribution in [2.45, 2.75) is 6.92 Å². The van der Waals surface area contributed by atoms with Crippen molar-refractivity contribution in [1.29, 1.82) is 0 Å². The van der Waals surface area contributed by atoms with E-state index >= 15 is 0 Å². The summed E-state index contributed by atoms with van der Waals surface area (Å²) in [6.45, 7) is 1.58. The summed E-state index contributed by atoms with van der Waals surface area (Å²) in [6.07, 6.45) is 4.04. The van der Waals surface area contributed by atoms with E-state index in [1.807, 2.05) is 30.4 Å². The van der Waals surface area contributed by atoms with Crippen LogP contribution in [-0.2, 0) is 4.79 Å². The van der Waals surface area contributed by atoms with Crippen molar-refractivity contribution in [1.82, 2.24) is 0 Å². The molecule has 2 N–H and O–H groups in total. The first kappa shape index (κ1) is 12.7. The Labute approximate surface area is 111 Å². The highest BCUT2D eigenvalue weighted by Gasteiger charge is 1.95. The molecule has 0 aromatic heterocycles. The van der Waals surface area contributed by atoms with Crippen molar-refractivity contribution in [3.05, 3.63) is 48.0 Å². The van der Waals surface area contributed by atoms with Crippen LogP contribution in [-0.4, -0.2) is 10.9 Å². The summed E-state index contributed by atoms with van der Waals surface area (Å²) in [7, 11) is 0. The van der Waals surface area contributed by atoms with Crippen LogP contribution in [0.15, 0.2) is 42.5 Å². The summed E-state index contributed by atoms with van der Waals surface area (Å²) in [6, 6.07) is 12.1. The Morgan fingerprint density at radius 2 is 1.94 bits per heavy atom. The molecule has 0 unspecified atom stereocenters. The number of carbonyl (C=O) groups excluding carboxylic acids is 1. The highest BCUT2D eigenvalue weighted by atomic mass is 32.2. The lowest BCUT2D eigenvalue weighted by atomic mass is 10.1. The van der Waals surface area contributed by atoms with Gasteiger partial charge in [-0.25, -0.2) is 0 Å². The smallest absolute Gasteiger partial charge is 0.186 e. The topological polar surface area (TPSA) is 43.1 Å². The first-order valence-corrected chi connectivity index (χ1v) is 6.73. The highest BCUT2D eigenvalue weighted by molar-refractivity contribution is 8.13. The van der Waals surface area contributed by atoms with Gasteiger partial charge in [-0.05, 0) is 34.5 Å². The third-order valence-electron chi connectivity index (χ3n) is 2.58. The van der Waals surface area contributed by atoms with E-state index in [0.29, 0.717) is 0 Å². The molecule has 0 heterocycles. The van der Waals surface area contributed by atoms with Crippen molar-refractivity contribution in [3.63, 3.8) is 0 Å². The highest BCUT2D eigenvalue weighted by Crippen LogP contribution is 2.19. The second-order valence-corrected chi connectivity index (χ2v) is 5.27. The summed E-state index contributed by atoms with van der Waals surface area (Å²) < 4.78 is 0. The molecule has 92 valence electrons. The lowest BCUT2D eigenvalue weighted by molar-refractivity contribution is -0.109. The summed E-state index contributed by atoms with van der Waals surface area (Å²) in [5, 5.41) is 2.46. The summed E-state index contributed by atoms with van der Waals surface area (Å²) in [5.74, 6) is 0.717. The number of rotatable bonds is 3. The van der Waals surface area contributed by atoms with Gasteiger partial charge in [0.25, 0.3) is 0 Å². The largest absolute Gasteiger partial charge is 0.399 e. The Hall–Kier alpha value is -1.74. The number of fused-ring (bicyclic) bond motifs is 1. The normalized spacial score (nSPS) is 11.2. The quantitative estimate of drug-likeness (QED) is 0.852. The van der Waals surface area contributed by atoms with Gasteiger partial charge in [0.2, 0.25) is 0 Å². The van der Waals surface area contributed by atoms with Gasteiger partial charge in [0.05, 0.1) is 0 Å². The Kier molecular flexibility index (Phi) is 4.05. The maximum atomic E-state index is 10.8. The van der Waals surface area contributed by atoms with Crippen LogP contribution in [0.5, 0.6) is 0 Å². The first-order valence-electron chi connectivity index (χ1n) is 5.74. The van der Waals surface area contributed by atoms with Gasteiger partial charge in [-0.3, -0.25) is 4.79 Å². The zero-order chi connectivity index (χ0) is 13.0. The lowest BCUT2D eigenvalue weighted by Crippen LogP contribution is -1.84. The third kappa shape index (κ3) is 3.37. The fraction of sp³-hybridized carbons (Fsp3) is 0.133. The van der Waals surface area contributed by atoms with E-state index in [2.05, 4.69) is 18.2 Å². The Morgan fingerprint density at radius 3 is 2.72 bits per heavy atom. The maximum Gasteiger partial charge on any atom is 0.186 e. The van der Waals surface area contributed by atoms with Crippen molar-refractivity contribution < 1.29 is 4.79 Å². The summed E-state index contributed by atoms with van der Waals surface area (Å²) >= 11 is 1.31. The number of carbonyl (C=O) groups is 1. The zero-order valence-corrected chi connectivity index (χ0v) is 11.0. The molecule has 0 amide bonds. The Bertz CT molecular complexity index is 604. The molecule has 3 heteroatoms. The minimum atomic E-state index is 0.147. The molecule has 0 atom stereocenters. The monoisotopic (exact) mass is 257 g/mol. The third-order valence-corrected chi connectivity index (χ3v) is 3.35. The van der Waals surface area contributed by atoms with Crippen LogP contribution in [0, 0.1) is 0 Å². The molecular formula is C15H15NOS. The molecule has 0 saturated heterocycles. The average Bonchev–Trinajstić information content (AvgIpc) is 2.34. The van der Waals surface area contributed by atoms with E-state index in [9.17, 15) is 4.79 Å². The number of nitrogen functional groups attached to an aromatic ring is 1. The second-order valence-electron chi connectivity index (χ2n) is 4.07. The van der Waals surface area contributed by atoms with Gasteiger partial charge in [0.15, 0.2) is 5.12 Å². The first-order chi connectivity index (χ1) is 8.65. The Balaban J connectivity index is 2.15. The predicted molar refractivity (Wildman–Crippen MR) is 80.5 cm³/mol. The molecule has 18 heavy (non-hydrogen) atoms. The molecule has 0 spiro atoms. The van der Waals surface area contributed by atoms with Crippen LogP contribution in [0.3, 0.4) is 0 Å². The van der Waals surface area contributed by atoms with E-state index in [0.717, 1.165) is 22.4 Å². The van der Waals surface area contributed by atoms with Gasteiger partial charge in [-0.15, -0.1) is 0 Å². The standard InChI is InChI=1S/C15H15NOS/c1-11(17)18-8-2-3-12-4-5-14-10-15(16)7-6-13(14)9-12/h2-7,9-10H,8,16H2,1H3. The van der Waals surface area contributed by atoms with Crippen molar-refractivity contribution in [2.75, 3.05) is 11.5 Å². The minimum Gasteiger partial charge on any atom is -0.399 e. The number of hydrogen-bond acceptors (Lipinski definition) is 3. The van der Waals surface area contributed by atoms with Crippen molar-refractivity contribution in [3.8, 4) is 0 Å². The Morgan fingerprint density at radius 1 is 1.22 bits per heavy atom. The molecule has 2 rings (SSSR count). The van der Waals surface area contributed by atoms with Gasteiger partial charge in [0, 0.05) is 18.4 Å². The molecule has 0 aliphatic carbocycles.